The van der Waals surface area contributed by atoms with Gasteiger partial charge in [0.1, 0.15) is 0 Å². The van der Waals surface area contributed by atoms with Crippen LogP contribution in [0.3, 0.4) is 0 Å². The topological polar surface area (TPSA) is 26.0 Å². The molecule has 2 N–H and O–H groups in total. The summed E-state index contributed by atoms with van der Waals surface area (Å²) in [4.78, 5) is 0. The first-order valence-corrected chi connectivity index (χ1v) is 5.11. The van der Waals surface area contributed by atoms with Gasteiger partial charge in [-0.05, 0) is 24.1 Å². The van der Waals surface area contributed by atoms with E-state index in [0.717, 1.165) is 18.4 Å². The zero-order valence-electron chi connectivity index (χ0n) is 7.97. The third kappa shape index (κ3) is 3.66. The van der Waals surface area contributed by atoms with Crippen LogP contribution in [0.15, 0.2) is 18.2 Å². The summed E-state index contributed by atoms with van der Waals surface area (Å²) in [5, 5.41) is 1.15. The molecule has 0 saturated heterocycles. The van der Waals surface area contributed by atoms with E-state index in [1.54, 1.807) is 6.07 Å². The van der Waals surface area contributed by atoms with Crippen LogP contribution in [-0.4, -0.2) is 0 Å². The van der Waals surface area contributed by atoms with Crippen molar-refractivity contribution in [1.82, 2.24) is 0 Å². The zero-order chi connectivity index (χ0) is 9.84. The van der Waals surface area contributed by atoms with Gasteiger partial charge in [0.2, 0.25) is 0 Å². The average molecular weight is 255 g/mol. The third-order valence-corrected chi connectivity index (χ3v) is 2.71. The monoisotopic (exact) mass is 253 g/mol. The fraction of sp³-hybridized carbons (Fsp3) is 0.400. The fourth-order valence-electron chi connectivity index (χ4n) is 1.22. The van der Waals surface area contributed by atoms with Crippen molar-refractivity contribution in [3.63, 3.8) is 0 Å². The molecule has 14 heavy (non-hydrogen) atoms. The standard InChI is InChI=1S/C10H13Cl2N.ClH/c1-2-3-10(13)7-4-5-8(11)9(12)6-7;/h4-6,10H,2-3,13H2,1H3;1H. The van der Waals surface area contributed by atoms with Gasteiger partial charge in [0.05, 0.1) is 10.0 Å². The summed E-state index contributed by atoms with van der Waals surface area (Å²) in [5.74, 6) is 0. The molecule has 0 fully saturated rings. The summed E-state index contributed by atoms with van der Waals surface area (Å²) in [6, 6.07) is 5.62. The summed E-state index contributed by atoms with van der Waals surface area (Å²) in [7, 11) is 0. The Morgan fingerprint density at radius 3 is 2.43 bits per heavy atom. The Kier molecular flexibility index (Phi) is 6.54. The maximum atomic E-state index is 5.92. The Labute approximate surface area is 101 Å². The predicted octanol–water partition coefficient (Wildman–Crippen LogP) is 4.22. The van der Waals surface area contributed by atoms with Gasteiger partial charge in [0, 0.05) is 6.04 Å². The molecule has 0 aliphatic heterocycles. The van der Waals surface area contributed by atoms with E-state index in [9.17, 15) is 0 Å². The Hall–Kier alpha value is 0.0500. The second kappa shape index (κ2) is 6.52. The second-order valence-electron chi connectivity index (χ2n) is 3.07. The van der Waals surface area contributed by atoms with Crippen molar-refractivity contribution in [3.8, 4) is 0 Å². The van der Waals surface area contributed by atoms with Crippen molar-refractivity contribution < 1.29 is 0 Å². The van der Waals surface area contributed by atoms with Gasteiger partial charge in [-0.3, -0.25) is 0 Å². The third-order valence-electron chi connectivity index (χ3n) is 1.97. The summed E-state index contributed by atoms with van der Waals surface area (Å²) < 4.78 is 0. The van der Waals surface area contributed by atoms with Crippen LogP contribution in [0.25, 0.3) is 0 Å². The van der Waals surface area contributed by atoms with Crippen molar-refractivity contribution in [1.29, 1.82) is 0 Å². The molecular weight excluding hydrogens is 240 g/mol. The molecule has 0 aliphatic carbocycles. The maximum absolute atomic E-state index is 5.92. The van der Waals surface area contributed by atoms with Crippen molar-refractivity contribution in [2.75, 3.05) is 0 Å². The number of hydrogen-bond acceptors (Lipinski definition) is 1. The Bertz CT molecular complexity index is 289. The highest BCUT2D eigenvalue weighted by atomic mass is 35.5. The van der Waals surface area contributed by atoms with Crippen LogP contribution in [0.5, 0.6) is 0 Å². The number of halogens is 3. The van der Waals surface area contributed by atoms with E-state index >= 15 is 0 Å². The lowest BCUT2D eigenvalue weighted by molar-refractivity contribution is 0.638. The zero-order valence-corrected chi connectivity index (χ0v) is 10.3. The smallest absolute Gasteiger partial charge is 0.0595 e. The molecule has 0 spiro atoms. The minimum Gasteiger partial charge on any atom is -0.324 e. The van der Waals surface area contributed by atoms with Gasteiger partial charge in [0.25, 0.3) is 0 Å². The van der Waals surface area contributed by atoms with Crippen LogP contribution in [0, 0.1) is 0 Å². The molecule has 0 saturated carbocycles. The highest BCUT2D eigenvalue weighted by Crippen LogP contribution is 2.26. The molecule has 0 amide bonds. The molecule has 1 aromatic carbocycles. The van der Waals surface area contributed by atoms with Gasteiger partial charge in [-0.1, -0.05) is 42.6 Å². The molecule has 0 aliphatic rings. The molecule has 0 bridgehead atoms. The molecule has 1 atom stereocenters. The van der Waals surface area contributed by atoms with Gasteiger partial charge in [-0.25, -0.2) is 0 Å². The summed E-state index contributed by atoms with van der Waals surface area (Å²) in [6.45, 7) is 2.11. The molecule has 4 heteroatoms. The van der Waals surface area contributed by atoms with Crippen molar-refractivity contribution in [2.24, 2.45) is 5.73 Å². The van der Waals surface area contributed by atoms with Gasteiger partial charge in [-0.2, -0.15) is 0 Å². The van der Waals surface area contributed by atoms with E-state index in [2.05, 4.69) is 6.92 Å². The average Bonchev–Trinajstić information content (AvgIpc) is 2.10. The van der Waals surface area contributed by atoms with Crippen LogP contribution in [0.4, 0.5) is 0 Å². The van der Waals surface area contributed by atoms with Crippen molar-refractivity contribution >= 4 is 35.6 Å². The molecule has 1 rings (SSSR count). The normalized spacial score (nSPS) is 12.0. The minimum atomic E-state index is 0. The molecule has 1 unspecified atom stereocenters. The lowest BCUT2D eigenvalue weighted by Gasteiger charge is -2.11. The molecule has 1 aromatic rings. The Morgan fingerprint density at radius 2 is 1.93 bits per heavy atom. The predicted molar refractivity (Wildman–Crippen MR) is 65.5 cm³/mol. The largest absolute Gasteiger partial charge is 0.324 e. The number of nitrogens with two attached hydrogens (primary N) is 1. The van der Waals surface area contributed by atoms with Gasteiger partial charge < -0.3 is 5.73 Å². The van der Waals surface area contributed by atoms with Gasteiger partial charge in [0.15, 0.2) is 0 Å². The Balaban J connectivity index is 0.00000169. The molecule has 1 nitrogen and oxygen atoms in total. The summed E-state index contributed by atoms with van der Waals surface area (Å²) in [6.07, 6.45) is 2.04. The van der Waals surface area contributed by atoms with E-state index < -0.39 is 0 Å². The maximum Gasteiger partial charge on any atom is 0.0595 e. The lowest BCUT2D eigenvalue weighted by atomic mass is 10.0. The molecule has 0 radical (unpaired) electrons. The fourth-order valence-corrected chi connectivity index (χ4v) is 1.53. The summed E-state index contributed by atoms with van der Waals surface area (Å²) >= 11 is 11.7. The first kappa shape index (κ1) is 14.1. The van der Waals surface area contributed by atoms with Crippen molar-refractivity contribution in [3.05, 3.63) is 33.8 Å². The van der Waals surface area contributed by atoms with Crippen molar-refractivity contribution in [2.45, 2.75) is 25.8 Å². The second-order valence-corrected chi connectivity index (χ2v) is 3.88. The van der Waals surface area contributed by atoms with Crippen LogP contribution in [0.2, 0.25) is 10.0 Å². The van der Waals surface area contributed by atoms with Crippen LogP contribution >= 0.6 is 35.6 Å². The first-order chi connectivity index (χ1) is 6.15. The van der Waals surface area contributed by atoms with E-state index in [1.807, 2.05) is 12.1 Å². The van der Waals surface area contributed by atoms with Crippen LogP contribution in [0.1, 0.15) is 31.4 Å². The van der Waals surface area contributed by atoms with Gasteiger partial charge in [-0.15, -0.1) is 12.4 Å². The first-order valence-electron chi connectivity index (χ1n) is 4.35. The minimum absolute atomic E-state index is 0. The molecule has 80 valence electrons. The van der Waals surface area contributed by atoms with E-state index in [4.69, 9.17) is 28.9 Å². The molecular formula is C10H14Cl3N. The molecule has 0 aromatic heterocycles. The molecule has 0 heterocycles. The van der Waals surface area contributed by atoms with Crippen LogP contribution in [-0.2, 0) is 0 Å². The van der Waals surface area contributed by atoms with E-state index in [1.165, 1.54) is 0 Å². The van der Waals surface area contributed by atoms with E-state index in [0.29, 0.717) is 10.0 Å². The van der Waals surface area contributed by atoms with E-state index in [-0.39, 0.29) is 18.4 Å². The summed E-state index contributed by atoms with van der Waals surface area (Å²) in [5.41, 5.74) is 6.97. The number of benzene rings is 1. The lowest BCUT2D eigenvalue weighted by Crippen LogP contribution is -2.09. The van der Waals surface area contributed by atoms with Crippen LogP contribution < -0.4 is 5.73 Å². The number of hydrogen-bond donors (Lipinski definition) is 1. The highest BCUT2D eigenvalue weighted by Gasteiger charge is 2.06. The SMILES string of the molecule is CCCC(N)c1ccc(Cl)c(Cl)c1.Cl. The van der Waals surface area contributed by atoms with Gasteiger partial charge >= 0.3 is 0 Å². The quantitative estimate of drug-likeness (QED) is 0.859. The Morgan fingerprint density at radius 1 is 1.29 bits per heavy atom. The number of rotatable bonds is 3. The highest BCUT2D eigenvalue weighted by molar-refractivity contribution is 6.42.